The van der Waals surface area contributed by atoms with Crippen molar-refractivity contribution in [2.45, 2.75) is 6.54 Å². The summed E-state index contributed by atoms with van der Waals surface area (Å²) in [6, 6.07) is 16.0. The quantitative estimate of drug-likeness (QED) is 0.710. The molecule has 5 nitrogen and oxygen atoms in total. The maximum absolute atomic E-state index is 12.5. The highest BCUT2D eigenvalue weighted by Crippen LogP contribution is 2.26. The molecule has 0 saturated heterocycles. The lowest BCUT2D eigenvalue weighted by atomic mass is 10.2. The fraction of sp³-hybridized carbons (Fsp3) is 0.211. The molecule has 0 aliphatic heterocycles. The maximum atomic E-state index is 12.5. The van der Waals surface area contributed by atoms with Gasteiger partial charge in [0.2, 0.25) is 0 Å². The van der Waals surface area contributed by atoms with Crippen LogP contribution in [0.4, 0.5) is 10.4 Å². The lowest BCUT2D eigenvalue weighted by Crippen LogP contribution is -2.16. The predicted molar refractivity (Wildman–Crippen MR) is 96.3 cm³/mol. The van der Waals surface area contributed by atoms with Crippen molar-refractivity contribution in [2.24, 2.45) is 5.73 Å². The molecule has 1 aromatic heterocycles. The van der Waals surface area contributed by atoms with E-state index in [9.17, 15) is 4.39 Å². The van der Waals surface area contributed by atoms with Gasteiger partial charge < -0.3 is 19.8 Å². The van der Waals surface area contributed by atoms with E-state index in [1.165, 1.54) is 5.56 Å². The first-order valence-electron chi connectivity index (χ1n) is 7.96. The molecule has 2 N–H and O–H groups in total. The number of ether oxygens (including phenoxy) is 1. The van der Waals surface area contributed by atoms with Crippen LogP contribution in [0.15, 0.2) is 64.9 Å². The van der Waals surface area contributed by atoms with Crippen LogP contribution in [0, 0.1) is 0 Å². The van der Waals surface area contributed by atoms with Gasteiger partial charge in [-0.2, -0.15) is 4.98 Å². The number of hydrogen-bond donors (Lipinski definition) is 1. The van der Waals surface area contributed by atoms with Gasteiger partial charge in [-0.1, -0.05) is 30.3 Å². The van der Waals surface area contributed by atoms with Crippen molar-refractivity contribution in [3.8, 4) is 5.75 Å². The first-order chi connectivity index (χ1) is 12.2. The summed E-state index contributed by atoms with van der Waals surface area (Å²) >= 11 is 0. The van der Waals surface area contributed by atoms with E-state index in [1.807, 2.05) is 36.2 Å². The van der Waals surface area contributed by atoms with Crippen LogP contribution in [0.1, 0.15) is 5.56 Å². The van der Waals surface area contributed by atoms with Gasteiger partial charge >= 0.3 is 0 Å². The number of hydrogen-bond acceptors (Lipinski definition) is 5. The number of rotatable bonds is 7. The zero-order valence-corrected chi connectivity index (χ0v) is 14.0. The summed E-state index contributed by atoms with van der Waals surface area (Å²) in [6.07, 6.45) is 0.476. The van der Waals surface area contributed by atoms with Crippen molar-refractivity contribution in [3.63, 3.8) is 0 Å². The average Bonchev–Trinajstić information content (AvgIpc) is 3.07. The van der Waals surface area contributed by atoms with Crippen LogP contribution < -0.4 is 15.4 Å². The second kappa shape index (κ2) is 7.81. The van der Waals surface area contributed by atoms with Crippen molar-refractivity contribution < 1.29 is 13.5 Å². The van der Waals surface area contributed by atoms with Gasteiger partial charge in [0.25, 0.3) is 6.01 Å². The smallest absolute Gasteiger partial charge is 0.298 e. The Balaban J connectivity index is 1.73. The van der Waals surface area contributed by atoms with Crippen molar-refractivity contribution in [1.29, 1.82) is 0 Å². The maximum Gasteiger partial charge on any atom is 0.298 e. The minimum Gasteiger partial charge on any atom is -0.489 e. The van der Waals surface area contributed by atoms with E-state index in [1.54, 1.807) is 12.1 Å². The summed E-state index contributed by atoms with van der Waals surface area (Å²) in [5, 5.41) is 0. The number of nitrogens with two attached hydrogens (primary N) is 1. The molecule has 0 bridgehead atoms. The van der Waals surface area contributed by atoms with Gasteiger partial charge in [-0.15, -0.1) is 0 Å². The molecule has 6 heteroatoms. The molecular formula is C19H20FN3O2. The fourth-order valence-corrected chi connectivity index (χ4v) is 2.38. The standard InChI is InChI=1S/C19H20FN3O2/c1-23(12-14-5-3-2-4-6-14)19-22-17-8-7-16(9-18(17)25-19)24-13-15(10-20)11-21/h2-10H,11-13,21H2,1H3. The van der Waals surface area contributed by atoms with E-state index >= 15 is 0 Å². The molecule has 3 aromatic rings. The molecule has 0 radical (unpaired) electrons. The average molecular weight is 341 g/mol. The third-order valence-corrected chi connectivity index (χ3v) is 3.78. The monoisotopic (exact) mass is 341 g/mol. The van der Waals surface area contributed by atoms with Crippen molar-refractivity contribution in [3.05, 3.63) is 66.0 Å². The van der Waals surface area contributed by atoms with Gasteiger partial charge in [-0.3, -0.25) is 0 Å². The summed E-state index contributed by atoms with van der Waals surface area (Å²) in [7, 11) is 1.93. The number of aromatic nitrogens is 1. The second-order valence-corrected chi connectivity index (χ2v) is 5.73. The van der Waals surface area contributed by atoms with E-state index in [0.717, 1.165) is 5.52 Å². The number of halogens is 1. The molecule has 25 heavy (non-hydrogen) atoms. The number of anilines is 1. The molecule has 0 aliphatic rings. The van der Waals surface area contributed by atoms with Crippen LogP contribution in [-0.2, 0) is 6.54 Å². The summed E-state index contributed by atoms with van der Waals surface area (Å²) in [5.41, 5.74) is 8.33. The van der Waals surface area contributed by atoms with Crippen LogP contribution in [-0.4, -0.2) is 25.2 Å². The summed E-state index contributed by atoms with van der Waals surface area (Å²) in [6.45, 7) is 0.918. The Bertz CT molecular complexity index is 861. The van der Waals surface area contributed by atoms with Crippen LogP contribution in [0.2, 0.25) is 0 Å². The van der Waals surface area contributed by atoms with Crippen LogP contribution in [0.25, 0.3) is 11.1 Å². The highest BCUT2D eigenvalue weighted by Gasteiger charge is 2.12. The number of nitrogens with zero attached hydrogens (tertiary/aromatic N) is 2. The summed E-state index contributed by atoms with van der Waals surface area (Å²) < 4.78 is 23.9. The lowest BCUT2D eigenvalue weighted by Gasteiger charge is -2.13. The molecule has 0 aliphatic carbocycles. The Morgan fingerprint density at radius 1 is 1.28 bits per heavy atom. The molecule has 0 amide bonds. The van der Waals surface area contributed by atoms with Crippen molar-refractivity contribution in [2.75, 3.05) is 25.1 Å². The van der Waals surface area contributed by atoms with Gasteiger partial charge in [0.1, 0.15) is 17.9 Å². The molecule has 1 heterocycles. The first kappa shape index (κ1) is 17.0. The van der Waals surface area contributed by atoms with Gasteiger partial charge in [0.05, 0.1) is 6.33 Å². The summed E-state index contributed by atoms with van der Waals surface area (Å²) in [5.74, 6) is 0.578. The normalized spacial score (nSPS) is 11.7. The zero-order chi connectivity index (χ0) is 17.6. The van der Waals surface area contributed by atoms with E-state index in [4.69, 9.17) is 14.9 Å². The molecule has 0 unspecified atom stereocenters. The molecule has 2 aromatic carbocycles. The molecular weight excluding hydrogens is 321 g/mol. The van der Waals surface area contributed by atoms with Crippen LogP contribution >= 0.6 is 0 Å². The van der Waals surface area contributed by atoms with E-state index in [-0.39, 0.29) is 13.2 Å². The van der Waals surface area contributed by atoms with Gasteiger partial charge in [-0.05, 0) is 17.7 Å². The van der Waals surface area contributed by atoms with Gasteiger partial charge in [0.15, 0.2) is 5.58 Å². The fourth-order valence-electron chi connectivity index (χ4n) is 2.38. The van der Waals surface area contributed by atoms with Crippen molar-refractivity contribution in [1.82, 2.24) is 4.98 Å². The lowest BCUT2D eigenvalue weighted by molar-refractivity contribution is 0.347. The third kappa shape index (κ3) is 4.16. The first-order valence-corrected chi connectivity index (χ1v) is 7.96. The Hall–Kier alpha value is -2.86. The zero-order valence-electron chi connectivity index (χ0n) is 14.0. The third-order valence-electron chi connectivity index (χ3n) is 3.78. The molecule has 0 fully saturated rings. The number of oxazole rings is 1. The Morgan fingerprint density at radius 3 is 2.80 bits per heavy atom. The Kier molecular flexibility index (Phi) is 5.30. The second-order valence-electron chi connectivity index (χ2n) is 5.73. The highest BCUT2D eigenvalue weighted by molar-refractivity contribution is 5.76. The predicted octanol–water partition coefficient (Wildman–Crippen LogP) is 3.66. The Labute approximate surface area is 145 Å². The molecule has 3 rings (SSSR count). The van der Waals surface area contributed by atoms with Crippen LogP contribution in [0.5, 0.6) is 5.75 Å². The van der Waals surface area contributed by atoms with E-state index < -0.39 is 0 Å². The minimum absolute atomic E-state index is 0.105. The number of fused-ring (bicyclic) bond motifs is 1. The van der Waals surface area contributed by atoms with E-state index in [2.05, 4.69) is 17.1 Å². The van der Waals surface area contributed by atoms with Gasteiger partial charge in [0, 0.05) is 31.8 Å². The van der Waals surface area contributed by atoms with Crippen molar-refractivity contribution >= 4 is 17.1 Å². The SMILES string of the molecule is CN(Cc1ccccc1)c1nc2ccc(OCC(=CF)CN)cc2o1. The Morgan fingerprint density at radius 2 is 2.08 bits per heavy atom. The van der Waals surface area contributed by atoms with Crippen LogP contribution in [0.3, 0.4) is 0 Å². The molecule has 0 atom stereocenters. The molecule has 130 valence electrons. The van der Waals surface area contributed by atoms with Gasteiger partial charge in [-0.25, -0.2) is 4.39 Å². The minimum atomic E-state index is 0.105. The number of benzene rings is 2. The molecule has 0 saturated carbocycles. The largest absolute Gasteiger partial charge is 0.489 e. The van der Waals surface area contributed by atoms with E-state index in [0.29, 0.717) is 35.8 Å². The topological polar surface area (TPSA) is 64.5 Å². The molecule has 0 spiro atoms. The highest BCUT2D eigenvalue weighted by atomic mass is 19.1. The summed E-state index contributed by atoms with van der Waals surface area (Å²) in [4.78, 5) is 6.43.